The molecule has 0 aliphatic carbocycles. The fourth-order valence-corrected chi connectivity index (χ4v) is 1.95. The molecule has 0 spiro atoms. The molecule has 2 N–H and O–H groups in total. The van der Waals surface area contributed by atoms with Crippen LogP contribution in [0.5, 0.6) is 0 Å². The number of carboxylic acid groups (broad SMARTS) is 1. The van der Waals surface area contributed by atoms with Crippen LogP contribution in [0.1, 0.15) is 18.9 Å². The fraction of sp³-hybridized carbons (Fsp3) is 0.375. The van der Waals surface area contributed by atoms with E-state index in [0.29, 0.717) is 19.4 Å². The Kier molecular flexibility index (Phi) is 6.46. The number of likely N-dealkylation sites (N-methyl/N-ethyl adjacent to an activating group) is 1. The first-order chi connectivity index (χ1) is 9.90. The van der Waals surface area contributed by atoms with Crippen molar-refractivity contribution in [2.45, 2.75) is 25.8 Å². The number of carboxylic acids is 1. The molecule has 0 aromatic heterocycles. The van der Waals surface area contributed by atoms with Crippen molar-refractivity contribution < 1.29 is 14.7 Å². The van der Waals surface area contributed by atoms with E-state index in [9.17, 15) is 14.7 Å². The molecule has 1 aromatic rings. The number of benzene rings is 1. The SMILES string of the molecule is C=C(C)CN(C)C(=O)N[C@@H](CCc1ccccc1)C(=O)O. The van der Waals surface area contributed by atoms with Crippen molar-refractivity contribution in [2.24, 2.45) is 0 Å². The lowest BCUT2D eigenvalue weighted by Crippen LogP contribution is -2.47. The molecule has 0 heterocycles. The second kappa shape index (κ2) is 8.09. The van der Waals surface area contributed by atoms with E-state index in [0.717, 1.165) is 11.1 Å². The van der Waals surface area contributed by atoms with Crippen LogP contribution in [0.2, 0.25) is 0 Å². The summed E-state index contributed by atoms with van der Waals surface area (Å²) in [5.74, 6) is -1.02. The van der Waals surface area contributed by atoms with Gasteiger partial charge in [0.15, 0.2) is 0 Å². The van der Waals surface area contributed by atoms with Crippen LogP contribution in [0.3, 0.4) is 0 Å². The topological polar surface area (TPSA) is 69.6 Å². The summed E-state index contributed by atoms with van der Waals surface area (Å²) >= 11 is 0. The van der Waals surface area contributed by atoms with Crippen molar-refractivity contribution in [3.05, 3.63) is 48.0 Å². The number of aliphatic carboxylic acids is 1. The second-order valence-corrected chi connectivity index (χ2v) is 5.18. The third-order valence-electron chi connectivity index (χ3n) is 3.01. The number of hydrogen-bond donors (Lipinski definition) is 2. The van der Waals surface area contributed by atoms with Gasteiger partial charge in [-0.2, -0.15) is 0 Å². The summed E-state index contributed by atoms with van der Waals surface area (Å²) < 4.78 is 0. The number of aryl methyl sites for hydroxylation is 1. The van der Waals surface area contributed by atoms with Crippen LogP contribution in [0, 0.1) is 0 Å². The van der Waals surface area contributed by atoms with Crippen molar-refractivity contribution >= 4 is 12.0 Å². The third-order valence-corrected chi connectivity index (χ3v) is 3.01. The average Bonchev–Trinajstić information content (AvgIpc) is 2.43. The first-order valence-electron chi connectivity index (χ1n) is 6.83. The predicted molar refractivity (Wildman–Crippen MR) is 82.2 cm³/mol. The number of urea groups is 1. The highest BCUT2D eigenvalue weighted by molar-refractivity contribution is 5.82. The quantitative estimate of drug-likeness (QED) is 0.757. The summed E-state index contributed by atoms with van der Waals surface area (Å²) in [4.78, 5) is 24.6. The van der Waals surface area contributed by atoms with Gasteiger partial charge >= 0.3 is 12.0 Å². The zero-order chi connectivity index (χ0) is 15.8. The highest BCUT2D eigenvalue weighted by Crippen LogP contribution is 2.06. The molecule has 5 nitrogen and oxygen atoms in total. The minimum Gasteiger partial charge on any atom is -0.480 e. The maximum atomic E-state index is 11.9. The average molecular weight is 290 g/mol. The molecule has 0 aliphatic heterocycles. The summed E-state index contributed by atoms with van der Waals surface area (Å²) in [6.45, 7) is 5.94. The summed E-state index contributed by atoms with van der Waals surface area (Å²) in [6, 6.07) is 8.30. The van der Waals surface area contributed by atoms with Gasteiger partial charge in [-0.15, -0.1) is 0 Å². The van der Waals surface area contributed by atoms with E-state index in [-0.39, 0.29) is 0 Å². The van der Waals surface area contributed by atoms with Crippen LogP contribution in [0.15, 0.2) is 42.5 Å². The molecule has 114 valence electrons. The molecular weight excluding hydrogens is 268 g/mol. The van der Waals surface area contributed by atoms with Gasteiger partial charge in [0, 0.05) is 13.6 Å². The molecule has 1 atom stereocenters. The first kappa shape index (κ1) is 16.8. The Balaban J connectivity index is 2.55. The predicted octanol–water partition coefficient (Wildman–Crippen LogP) is 2.29. The Morgan fingerprint density at radius 2 is 1.95 bits per heavy atom. The van der Waals surface area contributed by atoms with E-state index in [1.54, 1.807) is 7.05 Å². The molecule has 0 aliphatic rings. The standard InChI is InChI=1S/C16H22N2O3/c1-12(2)11-18(3)16(21)17-14(15(19)20)10-9-13-7-5-4-6-8-13/h4-8,14H,1,9-11H2,2-3H3,(H,17,21)(H,19,20)/t14-/m0/s1. The lowest BCUT2D eigenvalue weighted by atomic mass is 10.1. The minimum absolute atomic E-state index is 0.353. The molecule has 0 bridgehead atoms. The zero-order valence-electron chi connectivity index (χ0n) is 12.5. The smallest absolute Gasteiger partial charge is 0.326 e. The summed E-state index contributed by atoms with van der Waals surface area (Å²) in [5.41, 5.74) is 1.89. The van der Waals surface area contributed by atoms with Gasteiger partial charge in [-0.05, 0) is 25.3 Å². The number of carbonyl (C=O) groups is 2. The van der Waals surface area contributed by atoms with E-state index in [4.69, 9.17) is 0 Å². The number of carbonyl (C=O) groups excluding carboxylic acids is 1. The zero-order valence-corrected chi connectivity index (χ0v) is 12.5. The Morgan fingerprint density at radius 3 is 2.48 bits per heavy atom. The molecule has 21 heavy (non-hydrogen) atoms. The highest BCUT2D eigenvalue weighted by atomic mass is 16.4. The Bertz CT molecular complexity index is 500. The molecule has 1 aromatic carbocycles. The lowest BCUT2D eigenvalue weighted by molar-refractivity contribution is -0.139. The van der Waals surface area contributed by atoms with Gasteiger partial charge in [-0.25, -0.2) is 9.59 Å². The highest BCUT2D eigenvalue weighted by Gasteiger charge is 2.21. The Morgan fingerprint density at radius 1 is 1.33 bits per heavy atom. The summed E-state index contributed by atoms with van der Waals surface area (Å²) in [6.07, 6.45) is 0.953. The summed E-state index contributed by atoms with van der Waals surface area (Å²) in [5, 5.41) is 11.8. The van der Waals surface area contributed by atoms with E-state index in [1.165, 1.54) is 4.90 Å². The van der Waals surface area contributed by atoms with Gasteiger partial charge in [-0.3, -0.25) is 0 Å². The molecule has 5 heteroatoms. The molecule has 0 unspecified atom stereocenters. The molecule has 0 saturated carbocycles. The molecule has 0 saturated heterocycles. The normalized spacial score (nSPS) is 11.5. The summed E-state index contributed by atoms with van der Waals surface area (Å²) in [7, 11) is 1.61. The number of hydrogen-bond acceptors (Lipinski definition) is 2. The molecule has 1 rings (SSSR count). The van der Waals surface area contributed by atoms with Crippen LogP contribution in [-0.2, 0) is 11.2 Å². The van der Waals surface area contributed by atoms with Crippen LogP contribution in [-0.4, -0.2) is 41.6 Å². The van der Waals surface area contributed by atoms with E-state index >= 15 is 0 Å². The van der Waals surface area contributed by atoms with Crippen molar-refractivity contribution in [3.8, 4) is 0 Å². The van der Waals surface area contributed by atoms with Gasteiger partial charge in [0.05, 0.1) is 0 Å². The van der Waals surface area contributed by atoms with Crippen molar-refractivity contribution in [3.63, 3.8) is 0 Å². The maximum absolute atomic E-state index is 11.9. The molecular formula is C16H22N2O3. The van der Waals surface area contributed by atoms with Crippen LogP contribution >= 0.6 is 0 Å². The number of amides is 2. The van der Waals surface area contributed by atoms with Crippen LogP contribution in [0.4, 0.5) is 4.79 Å². The largest absolute Gasteiger partial charge is 0.480 e. The minimum atomic E-state index is -1.02. The van der Waals surface area contributed by atoms with Gasteiger partial charge in [-0.1, -0.05) is 42.5 Å². The first-order valence-corrected chi connectivity index (χ1v) is 6.83. The van der Waals surface area contributed by atoms with Gasteiger partial charge in [0.1, 0.15) is 6.04 Å². The van der Waals surface area contributed by atoms with Crippen molar-refractivity contribution in [1.82, 2.24) is 10.2 Å². The fourth-order valence-electron chi connectivity index (χ4n) is 1.95. The maximum Gasteiger partial charge on any atom is 0.326 e. The number of nitrogens with one attached hydrogen (secondary N) is 1. The van der Waals surface area contributed by atoms with Crippen molar-refractivity contribution in [1.29, 1.82) is 0 Å². The van der Waals surface area contributed by atoms with Gasteiger partial charge in [0.25, 0.3) is 0 Å². The lowest BCUT2D eigenvalue weighted by Gasteiger charge is -2.21. The second-order valence-electron chi connectivity index (χ2n) is 5.18. The van der Waals surface area contributed by atoms with Crippen molar-refractivity contribution in [2.75, 3.05) is 13.6 Å². The van der Waals surface area contributed by atoms with Gasteiger partial charge < -0.3 is 15.3 Å². The van der Waals surface area contributed by atoms with Crippen LogP contribution in [0.25, 0.3) is 0 Å². The number of rotatable bonds is 7. The number of nitrogens with zero attached hydrogens (tertiary/aromatic N) is 1. The van der Waals surface area contributed by atoms with Gasteiger partial charge in [0.2, 0.25) is 0 Å². The monoisotopic (exact) mass is 290 g/mol. The Labute approximate surface area is 125 Å². The molecule has 0 radical (unpaired) electrons. The van der Waals surface area contributed by atoms with E-state index in [2.05, 4.69) is 11.9 Å². The molecule has 0 fully saturated rings. The van der Waals surface area contributed by atoms with Crippen LogP contribution < -0.4 is 5.32 Å². The third kappa shape index (κ3) is 6.12. The molecule has 2 amide bonds. The van der Waals surface area contributed by atoms with E-state index < -0.39 is 18.0 Å². The van der Waals surface area contributed by atoms with E-state index in [1.807, 2.05) is 37.3 Å². The Hall–Kier alpha value is -2.30.